The molecule has 3 heterocycles. The van der Waals surface area contributed by atoms with Gasteiger partial charge in [0.2, 0.25) is 5.91 Å². The van der Waals surface area contributed by atoms with Crippen LogP contribution in [0.25, 0.3) is 0 Å². The van der Waals surface area contributed by atoms with E-state index in [1.54, 1.807) is 6.07 Å². The van der Waals surface area contributed by atoms with Gasteiger partial charge in [0.25, 0.3) is 11.6 Å². The van der Waals surface area contributed by atoms with E-state index in [9.17, 15) is 24.3 Å². The van der Waals surface area contributed by atoms with Gasteiger partial charge in [0.15, 0.2) is 6.04 Å². The molecular formula is C17H18N2O7S2. The fourth-order valence-corrected chi connectivity index (χ4v) is 5.10. The zero-order valence-corrected chi connectivity index (χ0v) is 16.7. The number of fused-ring (bicyclic) bond motifs is 1. The molecule has 0 aromatic carbocycles. The van der Waals surface area contributed by atoms with Gasteiger partial charge in [-0.15, -0.1) is 23.1 Å². The third-order valence-electron chi connectivity index (χ3n) is 4.37. The topological polar surface area (TPSA) is 122 Å². The Kier molecular flexibility index (Phi) is 5.77. The number of amides is 2. The summed E-state index contributed by atoms with van der Waals surface area (Å²) in [5.74, 6) is -2.88. The summed E-state index contributed by atoms with van der Waals surface area (Å²) in [5.41, 5.74) is -1.37. The number of thiophene rings is 1. The van der Waals surface area contributed by atoms with E-state index in [4.69, 9.17) is 9.47 Å². The Morgan fingerprint density at radius 2 is 2.14 bits per heavy atom. The number of nitrogens with one attached hydrogen (secondary N) is 1. The van der Waals surface area contributed by atoms with Gasteiger partial charge in [-0.1, -0.05) is 6.07 Å². The quantitative estimate of drug-likeness (QED) is 0.369. The Bertz CT molecular complexity index is 839. The third-order valence-corrected chi connectivity index (χ3v) is 6.50. The third kappa shape index (κ3) is 3.52. The summed E-state index contributed by atoms with van der Waals surface area (Å²) in [4.78, 5) is 50.0. The van der Waals surface area contributed by atoms with Crippen molar-refractivity contribution in [2.45, 2.75) is 30.5 Å². The van der Waals surface area contributed by atoms with Crippen LogP contribution in [0.1, 0.15) is 11.8 Å². The number of carboxylic acid groups (broad SMARTS) is 1. The average Bonchev–Trinajstić information content (AvgIpc) is 3.15. The second-order valence-corrected chi connectivity index (χ2v) is 8.15. The maximum Gasteiger partial charge on any atom is 0.330 e. The van der Waals surface area contributed by atoms with Crippen LogP contribution in [-0.4, -0.2) is 64.6 Å². The first-order chi connectivity index (χ1) is 13.3. The summed E-state index contributed by atoms with van der Waals surface area (Å²) in [5, 5.41) is 14.8. The van der Waals surface area contributed by atoms with E-state index >= 15 is 0 Å². The first-order valence-corrected chi connectivity index (χ1v) is 10.0. The van der Waals surface area contributed by atoms with Crippen LogP contribution in [0.5, 0.6) is 0 Å². The first-order valence-electron chi connectivity index (χ1n) is 8.22. The van der Waals surface area contributed by atoms with E-state index in [0.29, 0.717) is 0 Å². The van der Waals surface area contributed by atoms with E-state index in [1.807, 2.05) is 11.4 Å². The van der Waals surface area contributed by atoms with Crippen molar-refractivity contribution in [3.63, 3.8) is 0 Å². The van der Waals surface area contributed by atoms with Gasteiger partial charge in [0.1, 0.15) is 12.0 Å². The Morgan fingerprint density at radius 3 is 2.71 bits per heavy atom. The molecule has 2 aliphatic heterocycles. The van der Waals surface area contributed by atoms with Crippen molar-refractivity contribution < 1.29 is 33.8 Å². The summed E-state index contributed by atoms with van der Waals surface area (Å²) in [6.45, 7) is 0.976. The minimum absolute atomic E-state index is 0.0867. The largest absolute Gasteiger partial charge is 0.479 e. The molecule has 2 amide bonds. The van der Waals surface area contributed by atoms with Crippen molar-refractivity contribution in [2.24, 2.45) is 0 Å². The molecular weight excluding hydrogens is 408 g/mol. The van der Waals surface area contributed by atoms with E-state index in [2.05, 4.69) is 5.32 Å². The lowest BCUT2D eigenvalue weighted by Crippen LogP contribution is -2.83. The Labute approximate surface area is 168 Å². The van der Waals surface area contributed by atoms with E-state index < -0.39 is 40.9 Å². The summed E-state index contributed by atoms with van der Waals surface area (Å²) in [6, 6.07) is 2.33. The van der Waals surface area contributed by atoms with Gasteiger partial charge >= 0.3 is 11.9 Å². The van der Waals surface area contributed by atoms with Crippen LogP contribution in [0.2, 0.25) is 0 Å². The number of ether oxygens (including phenoxy) is 2. The highest BCUT2D eigenvalue weighted by molar-refractivity contribution is 8.03. The molecule has 2 N–H and O–H groups in total. The number of thioether (sulfide) groups is 1. The Balaban J connectivity index is 1.79. The highest BCUT2D eigenvalue weighted by Gasteiger charge is 2.67. The number of nitrogens with zero attached hydrogens (tertiary/aromatic N) is 1. The lowest BCUT2D eigenvalue weighted by molar-refractivity contribution is -0.201. The number of hydrogen-bond acceptors (Lipinski definition) is 8. The molecule has 1 fully saturated rings. The van der Waals surface area contributed by atoms with Crippen molar-refractivity contribution >= 4 is 46.9 Å². The zero-order chi connectivity index (χ0) is 20.5. The average molecular weight is 426 g/mol. The minimum Gasteiger partial charge on any atom is -0.479 e. The van der Waals surface area contributed by atoms with Crippen LogP contribution in [0.3, 0.4) is 0 Å². The number of hydrogen-bond donors (Lipinski definition) is 2. The van der Waals surface area contributed by atoms with Crippen molar-refractivity contribution in [3.8, 4) is 0 Å². The van der Waals surface area contributed by atoms with E-state index in [0.717, 1.165) is 21.5 Å². The molecule has 9 nitrogen and oxygen atoms in total. The smallest absolute Gasteiger partial charge is 0.330 e. The Hall–Kier alpha value is -2.37. The molecule has 0 radical (unpaired) electrons. The van der Waals surface area contributed by atoms with Crippen LogP contribution in [0, 0.1) is 0 Å². The van der Waals surface area contributed by atoms with E-state index in [-0.39, 0.29) is 18.6 Å². The molecule has 0 saturated carbocycles. The van der Waals surface area contributed by atoms with Crippen LogP contribution < -0.4 is 5.32 Å². The number of β-lactam (4-membered cyclic amide) rings is 1. The molecule has 2 aliphatic rings. The molecule has 0 aliphatic carbocycles. The Morgan fingerprint density at radius 1 is 1.39 bits per heavy atom. The molecule has 1 saturated heterocycles. The van der Waals surface area contributed by atoms with Crippen LogP contribution in [-0.2, 0) is 35.1 Å². The maximum atomic E-state index is 12.9. The molecule has 0 spiro atoms. The molecule has 0 bridgehead atoms. The monoisotopic (exact) mass is 426 g/mol. The predicted octanol–water partition coefficient (Wildman–Crippen LogP) is 0.565. The number of carbonyl (C=O) groups excluding carboxylic acids is 3. The summed E-state index contributed by atoms with van der Waals surface area (Å²) in [6.07, 6.45) is 0.0867. The van der Waals surface area contributed by atoms with Crippen LogP contribution in [0.15, 0.2) is 28.5 Å². The molecule has 28 heavy (non-hydrogen) atoms. The minimum atomic E-state index is -1.64. The predicted molar refractivity (Wildman–Crippen MR) is 100 cm³/mol. The first kappa shape index (κ1) is 20.4. The van der Waals surface area contributed by atoms with Gasteiger partial charge in [-0.05, 0) is 16.9 Å². The SMILES string of the molecule is COC1(NC(=O)Cc2cccs2)C(=O)N2C(C(=O)O)C(COC(C)=O)=CS[C@@H]21. The highest BCUT2D eigenvalue weighted by Crippen LogP contribution is 2.46. The fourth-order valence-electron chi connectivity index (χ4n) is 3.10. The van der Waals surface area contributed by atoms with Gasteiger partial charge in [0, 0.05) is 24.5 Å². The molecule has 1 aromatic rings. The number of carbonyl (C=O) groups is 4. The van der Waals surface area contributed by atoms with Crippen molar-refractivity contribution in [3.05, 3.63) is 33.4 Å². The van der Waals surface area contributed by atoms with Crippen LogP contribution in [0.4, 0.5) is 0 Å². The number of rotatable bonds is 7. The molecule has 2 unspecified atom stereocenters. The van der Waals surface area contributed by atoms with Gasteiger partial charge in [0.05, 0.1) is 6.42 Å². The second-order valence-electron chi connectivity index (χ2n) is 6.16. The van der Waals surface area contributed by atoms with Gasteiger partial charge in [-0.2, -0.15) is 0 Å². The number of esters is 1. The zero-order valence-electron chi connectivity index (χ0n) is 15.0. The molecule has 3 atom stereocenters. The molecule has 150 valence electrons. The van der Waals surface area contributed by atoms with Crippen molar-refractivity contribution in [1.29, 1.82) is 0 Å². The molecule has 3 rings (SSSR count). The number of carboxylic acids is 1. The number of aliphatic carboxylic acids is 1. The standard InChI is InChI=1S/C17H18N2O7S2/c1-9(20)26-7-10-8-28-16-17(25-2,15(24)19(16)13(10)14(22)23)18-12(21)6-11-4-3-5-27-11/h3-5,8,13,16H,6-7H2,1-2H3,(H,18,21)(H,22,23)/t13?,16-,17?/m1/s1. The summed E-state index contributed by atoms with van der Waals surface area (Å²) < 4.78 is 10.2. The highest BCUT2D eigenvalue weighted by atomic mass is 32.2. The summed E-state index contributed by atoms with van der Waals surface area (Å²) >= 11 is 2.55. The van der Waals surface area contributed by atoms with Crippen molar-refractivity contribution in [2.75, 3.05) is 13.7 Å². The van der Waals surface area contributed by atoms with Gasteiger partial charge < -0.3 is 24.8 Å². The lowest BCUT2D eigenvalue weighted by Gasteiger charge is -2.57. The van der Waals surface area contributed by atoms with Crippen molar-refractivity contribution in [1.82, 2.24) is 10.2 Å². The van der Waals surface area contributed by atoms with Gasteiger partial charge in [-0.3, -0.25) is 14.4 Å². The summed E-state index contributed by atoms with van der Waals surface area (Å²) in [7, 11) is 1.29. The number of methoxy groups -OCH3 is 1. The normalized spacial score (nSPS) is 26.0. The van der Waals surface area contributed by atoms with E-state index in [1.165, 1.54) is 30.8 Å². The molecule has 11 heteroatoms. The van der Waals surface area contributed by atoms with Gasteiger partial charge in [-0.25, -0.2) is 4.79 Å². The van der Waals surface area contributed by atoms with Crippen LogP contribution >= 0.6 is 23.1 Å². The maximum absolute atomic E-state index is 12.9. The second kappa shape index (κ2) is 7.94. The lowest BCUT2D eigenvalue weighted by atomic mass is 9.94. The fraction of sp³-hybridized carbons (Fsp3) is 0.412. The molecule has 1 aromatic heterocycles.